The van der Waals surface area contributed by atoms with Crippen LogP contribution in [0.3, 0.4) is 0 Å². The largest absolute Gasteiger partial charge is 0.484 e. The van der Waals surface area contributed by atoms with Crippen molar-refractivity contribution in [2.75, 3.05) is 0 Å². The van der Waals surface area contributed by atoms with Gasteiger partial charge in [-0.2, -0.15) is 4.98 Å². The Morgan fingerprint density at radius 1 is 1.22 bits per heavy atom. The Labute approximate surface area is 153 Å². The second kappa shape index (κ2) is 7.06. The summed E-state index contributed by atoms with van der Waals surface area (Å²) in [5.74, 6) is 0.876. The highest BCUT2D eigenvalue weighted by molar-refractivity contribution is 5.80. The summed E-state index contributed by atoms with van der Waals surface area (Å²) < 4.78 is 25.3. The number of aryl methyl sites for hydroxylation is 1. The molecule has 0 atom stereocenters. The van der Waals surface area contributed by atoms with E-state index in [9.17, 15) is 9.18 Å². The molecule has 0 aliphatic heterocycles. The minimum atomic E-state index is -0.330. The van der Waals surface area contributed by atoms with Gasteiger partial charge in [0.15, 0.2) is 6.61 Å². The molecule has 0 aliphatic carbocycles. The minimum absolute atomic E-state index is 0.0740. The lowest BCUT2D eigenvalue weighted by atomic mass is 10.2. The Kier molecular flexibility index (Phi) is 4.45. The first-order valence-corrected chi connectivity index (χ1v) is 8.58. The Balaban J connectivity index is 1.54. The molecule has 0 saturated heterocycles. The average molecular weight is 368 g/mol. The summed E-state index contributed by atoms with van der Waals surface area (Å²) in [7, 11) is 0. The van der Waals surface area contributed by atoms with E-state index in [4.69, 9.17) is 9.26 Å². The molecule has 0 radical (unpaired) electrons. The number of aromatic nitrogens is 4. The van der Waals surface area contributed by atoms with Crippen LogP contribution in [0.1, 0.15) is 19.2 Å². The van der Waals surface area contributed by atoms with E-state index in [1.54, 1.807) is 4.57 Å². The zero-order chi connectivity index (χ0) is 18.8. The van der Waals surface area contributed by atoms with Gasteiger partial charge in [-0.3, -0.25) is 4.57 Å². The number of imidazole rings is 1. The van der Waals surface area contributed by atoms with Crippen LogP contribution in [-0.4, -0.2) is 19.7 Å². The summed E-state index contributed by atoms with van der Waals surface area (Å²) in [6, 6.07) is 11.2. The summed E-state index contributed by atoms with van der Waals surface area (Å²) >= 11 is 0. The first kappa shape index (κ1) is 17.0. The zero-order valence-corrected chi connectivity index (χ0v) is 14.6. The second-order valence-electron chi connectivity index (χ2n) is 6.07. The molecule has 0 unspecified atom stereocenters. The first-order valence-electron chi connectivity index (χ1n) is 8.58. The van der Waals surface area contributed by atoms with Crippen molar-refractivity contribution >= 4 is 11.0 Å². The van der Waals surface area contributed by atoms with Crippen LogP contribution in [0.5, 0.6) is 5.75 Å². The van der Waals surface area contributed by atoms with E-state index >= 15 is 0 Å². The summed E-state index contributed by atoms with van der Waals surface area (Å²) in [5.41, 5.74) is 2.16. The summed E-state index contributed by atoms with van der Waals surface area (Å²) in [4.78, 5) is 19.2. The molecule has 2 heterocycles. The van der Waals surface area contributed by atoms with Gasteiger partial charge in [-0.15, -0.1) is 0 Å². The minimum Gasteiger partial charge on any atom is -0.484 e. The van der Waals surface area contributed by atoms with Crippen molar-refractivity contribution in [3.63, 3.8) is 0 Å². The van der Waals surface area contributed by atoms with Gasteiger partial charge in [-0.1, -0.05) is 12.1 Å². The van der Waals surface area contributed by atoms with E-state index in [0.717, 1.165) is 23.0 Å². The SMILES string of the molecule is CCCn1c(=O)[nH]c2cc(-c3noc(COc4ccc(F)cc4)n3)ccc21. The van der Waals surface area contributed by atoms with Gasteiger partial charge in [0.25, 0.3) is 5.89 Å². The fourth-order valence-electron chi connectivity index (χ4n) is 2.85. The van der Waals surface area contributed by atoms with Crippen molar-refractivity contribution in [3.05, 3.63) is 64.7 Å². The Hall–Kier alpha value is -3.42. The van der Waals surface area contributed by atoms with Gasteiger partial charge in [0.1, 0.15) is 11.6 Å². The molecule has 4 rings (SSSR count). The van der Waals surface area contributed by atoms with Crippen molar-refractivity contribution < 1.29 is 13.7 Å². The topological polar surface area (TPSA) is 85.9 Å². The van der Waals surface area contributed by atoms with E-state index in [2.05, 4.69) is 15.1 Å². The van der Waals surface area contributed by atoms with E-state index in [0.29, 0.717) is 24.0 Å². The fourth-order valence-corrected chi connectivity index (χ4v) is 2.85. The number of rotatable bonds is 6. The van der Waals surface area contributed by atoms with Gasteiger partial charge in [-0.25, -0.2) is 9.18 Å². The predicted molar refractivity (Wildman–Crippen MR) is 96.9 cm³/mol. The monoisotopic (exact) mass is 368 g/mol. The maximum atomic E-state index is 12.9. The highest BCUT2D eigenvalue weighted by Gasteiger charge is 2.12. The number of nitrogens with zero attached hydrogens (tertiary/aromatic N) is 3. The van der Waals surface area contributed by atoms with Gasteiger partial charge in [0, 0.05) is 12.1 Å². The average Bonchev–Trinajstić information content (AvgIpc) is 3.26. The van der Waals surface area contributed by atoms with Crippen LogP contribution in [-0.2, 0) is 13.2 Å². The predicted octanol–water partition coefficient (Wildman–Crippen LogP) is 3.51. The molecular weight excluding hydrogens is 351 g/mol. The number of benzene rings is 2. The van der Waals surface area contributed by atoms with Crippen LogP contribution in [0.25, 0.3) is 22.4 Å². The molecule has 7 nitrogen and oxygen atoms in total. The van der Waals surface area contributed by atoms with Gasteiger partial charge < -0.3 is 14.2 Å². The van der Waals surface area contributed by atoms with Crippen LogP contribution in [0.4, 0.5) is 4.39 Å². The number of ether oxygens (including phenoxy) is 1. The number of H-pyrrole nitrogens is 1. The number of nitrogens with one attached hydrogen (secondary N) is 1. The van der Waals surface area contributed by atoms with E-state index in [-0.39, 0.29) is 18.1 Å². The maximum absolute atomic E-state index is 12.9. The highest BCUT2D eigenvalue weighted by atomic mass is 19.1. The molecular formula is C19H17FN4O3. The number of hydrogen-bond acceptors (Lipinski definition) is 5. The summed E-state index contributed by atoms with van der Waals surface area (Å²) in [6.07, 6.45) is 0.872. The molecule has 27 heavy (non-hydrogen) atoms. The molecule has 2 aromatic heterocycles. The summed E-state index contributed by atoms with van der Waals surface area (Å²) in [5, 5.41) is 3.96. The lowest BCUT2D eigenvalue weighted by molar-refractivity contribution is 0.242. The zero-order valence-electron chi connectivity index (χ0n) is 14.6. The third-order valence-corrected chi connectivity index (χ3v) is 4.12. The van der Waals surface area contributed by atoms with Crippen molar-refractivity contribution in [2.24, 2.45) is 0 Å². The maximum Gasteiger partial charge on any atom is 0.326 e. The molecule has 0 spiro atoms. The Morgan fingerprint density at radius 2 is 2.04 bits per heavy atom. The van der Waals surface area contributed by atoms with E-state index in [1.165, 1.54) is 24.3 Å². The summed E-state index contributed by atoms with van der Waals surface area (Å²) in [6.45, 7) is 2.75. The Morgan fingerprint density at radius 3 is 2.81 bits per heavy atom. The highest BCUT2D eigenvalue weighted by Crippen LogP contribution is 2.21. The lowest BCUT2D eigenvalue weighted by Crippen LogP contribution is -2.16. The Bertz CT molecular complexity index is 1130. The van der Waals surface area contributed by atoms with Crippen LogP contribution in [0.15, 0.2) is 51.8 Å². The number of aromatic amines is 1. The van der Waals surface area contributed by atoms with Gasteiger partial charge in [0.05, 0.1) is 11.0 Å². The number of fused-ring (bicyclic) bond motifs is 1. The van der Waals surface area contributed by atoms with Crippen molar-refractivity contribution in [1.82, 2.24) is 19.7 Å². The van der Waals surface area contributed by atoms with Gasteiger partial charge >= 0.3 is 5.69 Å². The normalized spacial score (nSPS) is 11.2. The fraction of sp³-hybridized carbons (Fsp3) is 0.211. The standard InChI is InChI=1S/C19H17FN4O3/c1-2-9-24-16-8-3-12(10-15(16)21-19(24)25)18-22-17(27-23-18)11-26-14-6-4-13(20)5-7-14/h3-8,10H,2,9,11H2,1H3,(H,21,25). The number of halogens is 1. The van der Waals surface area contributed by atoms with Crippen LogP contribution < -0.4 is 10.4 Å². The first-order chi connectivity index (χ1) is 13.1. The molecule has 0 amide bonds. The van der Waals surface area contributed by atoms with Crippen LogP contribution in [0, 0.1) is 5.82 Å². The third-order valence-electron chi connectivity index (χ3n) is 4.12. The molecule has 0 saturated carbocycles. The smallest absolute Gasteiger partial charge is 0.326 e. The number of hydrogen-bond donors (Lipinski definition) is 1. The molecule has 8 heteroatoms. The molecule has 0 fully saturated rings. The van der Waals surface area contributed by atoms with E-state index in [1.807, 2.05) is 25.1 Å². The lowest BCUT2D eigenvalue weighted by Gasteiger charge is -2.02. The van der Waals surface area contributed by atoms with Gasteiger partial charge in [0.2, 0.25) is 5.82 Å². The molecule has 0 aliphatic rings. The second-order valence-corrected chi connectivity index (χ2v) is 6.07. The van der Waals surface area contributed by atoms with Crippen molar-refractivity contribution in [3.8, 4) is 17.1 Å². The quantitative estimate of drug-likeness (QED) is 0.563. The molecule has 2 aromatic carbocycles. The third kappa shape index (κ3) is 3.46. The molecule has 0 bridgehead atoms. The van der Waals surface area contributed by atoms with Gasteiger partial charge in [-0.05, 0) is 48.9 Å². The van der Waals surface area contributed by atoms with Crippen molar-refractivity contribution in [2.45, 2.75) is 26.5 Å². The van der Waals surface area contributed by atoms with Crippen LogP contribution >= 0.6 is 0 Å². The molecule has 1 N–H and O–H groups in total. The van der Waals surface area contributed by atoms with Crippen LogP contribution in [0.2, 0.25) is 0 Å². The van der Waals surface area contributed by atoms with Crippen molar-refractivity contribution in [1.29, 1.82) is 0 Å². The molecule has 4 aromatic rings. The molecule has 138 valence electrons. The van der Waals surface area contributed by atoms with E-state index < -0.39 is 0 Å².